The zero-order valence-electron chi connectivity index (χ0n) is 17.7. The number of aliphatic hydroxyl groups excluding tert-OH is 1. The lowest BCUT2D eigenvalue weighted by Crippen LogP contribution is -2.49. The molecule has 8 heteroatoms. The van der Waals surface area contributed by atoms with Gasteiger partial charge in [-0.15, -0.1) is 0 Å². The predicted molar refractivity (Wildman–Crippen MR) is 113 cm³/mol. The van der Waals surface area contributed by atoms with Crippen molar-refractivity contribution in [3.8, 4) is 11.1 Å². The minimum atomic E-state index is -0.758. The van der Waals surface area contributed by atoms with Gasteiger partial charge in [-0.3, -0.25) is 14.4 Å². The second-order valence-electron chi connectivity index (χ2n) is 8.95. The van der Waals surface area contributed by atoms with E-state index >= 15 is 0 Å². The van der Waals surface area contributed by atoms with Crippen LogP contribution in [-0.4, -0.2) is 46.2 Å². The normalized spacial score (nSPS) is 26.0. The summed E-state index contributed by atoms with van der Waals surface area (Å²) in [7, 11) is 1.29. The van der Waals surface area contributed by atoms with Crippen LogP contribution in [0.5, 0.6) is 0 Å². The molecule has 1 amide bonds. The molecule has 3 heterocycles. The first kappa shape index (κ1) is 20.9. The van der Waals surface area contributed by atoms with E-state index in [0.717, 1.165) is 12.8 Å². The van der Waals surface area contributed by atoms with Gasteiger partial charge in [0.05, 0.1) is 25.1 Å². The summed E-state index contributed by atoms with van der Waals surface area (Å²) in [4.78, 5) is 41.1. The van der Waals surface area contributed by atoms with E-state index in [1.807, 2.05) is 0 Å². The Hall–Kier alpha value is -3.00. The molecule has 0 unspecified atom stereocenters. The monoisotopic (exact) mass is 440 g/mol. The molecule has 4 atom stereocenters. The van der Waals surface area contributed by atoms with Crippen molar-refractivity contribution >= 4 is 11.9 Å². The van der Waals surface area contributed by atoms with Gasteiger partial charge in [0.15, 0.2) is 0 Å². The van der Waals surface area contributed by atoms with Gasteiger partial charge in [0.1, 0.15) is 5.82 Å². The molecule has 2 aliphatic heterocycles. The SMILES string of the molecule is COC(=O)[C@H]1[C@H](CO)[C@H]2Cn3c(ccc(-c4cccc(F)c4)c3=O)[C@@H]1N2C(=O)CC1CC1. The first-order valence-corrected chi connectivity index (χ1v) is 10.9. The largest absolute Gasteiger partial charge is 0.469 e. The minimum absolute atomic E-state index is 0.0553. The highest BCUT2D eigenvalue weighted by Crippen LogP contribution is 2.50. The van der Waals surface area contributed by atoms with Gasteiger partial charge < -0.3 is 19.3 Å². The highest BCUT2D eigenvalue weighted by Gasteiger charge is 2.58. The third-order valence-corrected chi connectivity index (χ3v) is 7.10. The fourth-order valence-electron chi connectivity index (χ4n) is 5.40. The van der Waals surface area contributed by atoms with Crippen molar-refractivity contribution in [1.82, 2.24) is 9.47 Å². The van der Waals surface area contributed by atoms with Crippen molar-refractivity contribution in [3.05, 3.63) is 58.3 Å². The van der Waals surface area contributed by atoms with Crippen LogP contribution >= 0.6 is 0 Å². The van der Waals surface area contributed by atoms with E-state index in [2.05, 4.69) is 0 Å². The lowest BCUT2D eigenvalue weighted by Gasteiger charge is -2.38. The van der Waals surface area contributed by atoms with Gasteiger partial charge in [0.25, 0.3) is 5.56 Å². The standard InChI is InChI=1S/C24H25FN2O5/c1-32-24(31)21-17(12-28)19-11-26-18(22(21)27(19)20(29)9-13-5-6-13)8-7-16(23(26)30)14-3-2-4-15(25)10-14/h2-4,7-8,10,13,17,19,21-22,28H,5-6,9,11-12H2,1H3/t17-,19-,21+,22+/m1/s1. The van der Waals surface area contributed by atoms with Gasteiger partial charge in [0.2, 0.25) is 5.91 Å². The van der Waals surface area contributed by atoms with Gasteiger partial charge in [-0.25, -0.2) is 4.39 Å². The number of aliphatic hydroxyl groups is 1. The van der Waals surface area contributed by atoms with E-state index in [1.54, 1.807) is 33.7 Å². The molecule has 2 fully saturated rings. The number of nitrogens with zero attached hydrogens (tertiary/aromatic N) is 2. The molecule has 32 heavy (non-hydrogen) atoms. The number of methoxy groups -OCH3 is 1. The van der Waals surface area contributed by atoms with Gasteiger partial charge in [0, 0.05) is 36.7 Å². The molecule has 3 aliphatic rings. The fraction of sp³-hybridized carbons (Fsp3) is 0.458. The van der Waals surface area contributed by atoms with Crippen LogP contribution in [0.15, 0.2) is 41.2 Å². The molecule has 5 rings (SSSR count). The first-order valence-electron chi connectivity index (χ1n) is 10.9. The van der Waals surface area contributed by atoms with Crippen LogP contribution in [-0.2, 0) is 20.9 Å². The number of aromatic nitrogens is 1. The average Bonchev–Trinajstić information content (AvgIpc) is 3.56. The van der Waals surface area contributed by atoms with E-state index in [9.17, 15) is 23.9 Å². The molecule has 7 nitrogen and oxygen atoms in total. The number of hydrogen-bond donors (Lipinski definition) is 1. The maximum Gasteiger partial charge on any atom is 0.311 e. The number of halogens is 1. The number of carbonyl (C=O) groups is 2. The maximum atomic E-state index is 13.8. The van der Waals surface area contributed by atoms with Crippen LogP contribution < -0.4 is 5.56 Å². The summed E-state index contributed by atoms with van der Waals surface area (Å²) in [6, 6.07) is 8.01. The molecule has 0 spiro atoms. The Morgan fingerprint density at radius 2 is 2.00 bits per heavy atom. The highest BCUT2D eigenvalue weighted by molar-refractivity contribution is 5.82. The lowest BCUT2D eigenvalue weighted by molar-refractivity contribution is -0.148. The number of carbonyl (C=O) groups excluding carboxylic acids is 2. The maximum absolute atomic E-state index is 13.8. The van der Waals surface area contributed by atoms with Crippen LogP contribution in [0, 0.1) is 23.6 Å². The summed E-state index contributed by atoms with van der Waals surface area (Å²) < 4.78 is 20.4. The summed E-state index contributed by atoms with van der Waals surface area (Å²) in [5.41, 5.74) is 1.05. The molecule has 2 aromatic rings. The molecule has 1 aromatic carbocycles. The number of ether oxygens (including phenoxy) is 1. The molecular formula is C24H25FN2O5. The quantitative estimate of drug-likeness (QED) is 0.720. The van der Waals surface area contributed by atoms with Crippen molar-refractivity contribution < 1.29 is 23.8 Å². The Morgan fingerprint density at radius 3 is 2.66 bits per heavy atom. The Labute approximate surface area is 184 Å². The Balaban J connectivity index is 1.63. The smallest absolute Gasteiger partial charge is 0.311 e. The Kier molecular flexibility index (Phi) is 5.12. The molecule has 1 aromatic heterocycles. The van der Waals surface area contributed by atoms with Crippen molar-refractivity contribution in [3.63, 3.8) is 0 Å². The van der Waals surface area contributed by atoms with Crippen molar-refractivity contribution in [2.75, 3.05) is 13.7 Å². The third-order valence-electron chi connectivity index (χ3n) is 7.10. The zero-order valence-corrected chi connectivity index (χ0v) is 17.7. The van der Waals surface area contributed by atoms with Crippen LogP contribution in [0.3, 0.4) is 0 Å². The number of hydrogen-bond acceptors (Lipinski definition) is 5. The molecule has 1 aliphatic carbocycles. The predicted octanol–water partition coefficient (Wildman–Crippen LogP) is 2.12. The molecule has 168 valence electrons. The van der Waals surface area contributed by atoms with Gasteiger partial charge in [-0.2, -0.15) is 0 Å². The summed E-state index contributed by atoms with van der Waals surface area (Å²) in [5, 5.41) is 10.2. The Bertz CT molecular complexity index is 1140. The van der Waals surface area contributed by atoms with E-state index < -0.39 is 35.7 Å². The number of esters is 1. The second-order valence-corrected chi connectivity index (χ2v) is 8.95. The van der Waals surface area contributed by atoms with E-state index in [-0.39, 0.29) is 24.6 Å². The molecule has 2 bridgehead atoms. The second kappa shape index (κ2) is 7.85. The summed E-state index contributed by atoms with van der Waals surface area (Å²) in [6.45, 7) is -0.128. The van der Waals surface area contributed by atoms with Crippen molar-refractivity contribution in [1.29, 1.82) is 0 Å². The zero-order chi connectivity index (χ0) is 22.6. The number of pyridine rings is 1. The summed E-state index contributed by atoms with van der Waals surface area (Å²) in [5.74, 6) is -1.92. The van der Waals surface area contributed by atoms with Gasteiger partial charge in [-0.05, 0) is 48.6 Å². The van der Waals surface area contributed by atoms with E-state index in [0.29, 0.717) is 29.2 Å². The van der Waals surface area contributed by atoms with Crippen LogP contribution in [0.25, 0.3) is 11.1 Å². The van der Waals surface area contributed by atoms with Crippen molar-refractivity contribution in [2.45, 2.75) is 37.9 Å². The average molecular weight is 440 g/mol. The van der Waals surface area contributed by atoms with Crippen molar-refractivity contribution in [2.24, 2.45) is 17.8 Å². The fourth-order valence-corrected chi connectivity index (χ4v) is 5.40. The molecule has 1 saturated carbocycles. The van der Waals surface area contributed by atoms with Gasteiger partial charge in [-0.1, -0.05) is 12.1 Å². The summed E-state index contributed by atoms with van der Waals surface area (Å²) in [6.07, 6.45) is 2.45. The number of benzene rings is 1. The number of rotatable bonds is 5. The topological polar surface area (TPSA) is 88.8 Å². The third kappa shape index (κ3) is 3.24. The molecule has 1 saturated heterocycles. The van der Waals surface area contributed by atoms with Crippen LogP contribution in [0.1, 0.15) is 31.0 Å². The highest BCUT2D eigenvalue weighted by atomic mass is 19.1. The van der Waals surface area contributed by atoms with Gasteiger partial charge >= 0.3 is 5.97 Å². The number of amides is 1. The van der Waals surface area contributed by atoms with Crippen LogP contribution in [0.4, 0.5) is 4.39 Å². The Morgan fingerprint density at radius 1 is 1.22 bits per heavy atom. The molecule has 1 N–H and O–H groups in total. The minimum Gasteiger partial charge on any atom is -0.469 e. The summed E-state index contributed by atoms with van der Waals surface area (Å²) >= 11 is 0. The van der Waals surface area contributed by atoms with E-state index in [4.69, 9.17) is 4.74 Å². The van der Waals surface area contributed by atoms with Crippen LogP contribution in [0.2, 0.25) is 0 Å². The molecular weight excluding hydrogens is 415 g/mol. The number of fused-ring (bicyclic) bond motifs is 4. The lowest BCUT2D eigenvalue weighted by atomic mass is 9.87. The molecule has 0 radical (unpaired) electrons. The van der Waals surface area contributed by atoms with E-state index in [1.165, 1.54) is 19.2 Å². The first-order chi connectivity index (χ1) is 15.4.